The van der Waals surface area contributed by atoms with Gasteiger partial charge in [0, 0.05) is 17.0 Å². The molecule has 0 saturated heterocycles. The van der Waals surface area contributed by atoms with Gasteiger partial charge >= 0.3 is 0 Å². The Labute approximate surface area is 131 Å². The number of hydrogen-bond donors (Lipinski definition) is 1. The smallest absolute Gasteiger partial charge is 0.261 e. The number of benzene rings is 1. The van der Waals surface area contributed by atoms with E-state index in [1.807, 2.05) is 42.5 Å². The molecule has 0 aliphatic heterocycles. The van der Waals surface area contributed by atoms with Gasteiger partial charge in [0.25, 0.3) is 5.91 Å². The zero-order valence-electron chi connectivity index (χ0n) is 11.4. The Bertz CT molecular complexity index is 686. The Morgan fingerprint density at radius 3 is 2.95 bits per heavy atom. The van der Waals surface area contributed by atoms with Crippen LogP contribution in [0.4, 0.5) is 0 Å². The molecule has 108 valence electrons. The number of carbonyl (C=O) groups excluding carboxylic acids is 1. The van der Waals surface area contributed by atoms with E-state index in [4.69, 9.17) is 4.42 Å². The van der Waals surface area contributed by atoms with Gasteiger partial charge in [-0.15, -0.1) is 11.3 Å². The molecule has 1 aromatic carbocycles. The van der Waals surface area contributed by atoms with Gasteiger partial charge in [0.1, 0.15) is 5.76 Å². The molecule has 3 rings (SSSR count). The first-order valence-corrected chi connectivity index (χ1v) is 8.67. The molecule has 0 bridgehead atoms. The molecule has 0 unspecified atom stereocenters. The van der Waals surface area contributed by atoms with E-state index < -0.39 is 0 Å². The number of thiophene rings is 1. The first kappa shape index (κ1) is 14.2. The van der Waals surface area contributed by atoms with Crippen LogP contribution in [0.15, 0.2) is 53.1 Å². The third kappa shape index (κ3) is 3.68. The average Bonchev–Trinajstić information content (AvgIpc) is 3.15. The van der Waals surface area contributed by atoms with Crippen LogP contribution >= 0.6 is 23.1 Å². The third-order valence-corrected chi connectivity index (χ3v) is 5.10. The zero-order valence-corrected chi connectivity index (χ0v) is 13.0. The van der Waals surface area contributed by atoms with Crippen LogP contribution in [0.5, 0.6) is 0 Å². The predicted octanol–water partition coefficient (Wildman–Crippen LogP) is 4.16. The quantitative estimate of drug-likeness (QED) is 0.694. The number of furan rings is 1. The minimum absolute atomic E-state index is 0.00907. The van der Waals surface area contributed by atoms with Crippen molar-refractivity contribution in [1.29, 1.82) is 0 Å². The summed E-state index contributed by atoms with van der Waals surface area (Å²) in [5.41, 5.74) is 0. The fraction of sp³-hybridized carbons (Fsp3) is 0.188. The highest BCUT2D eigenvalue weighted by Crippen LogP contribution is 2.25. The SMILES string of the molecule is O=C(NCCSCc1ccco1)c1cc2ccccc2s1. The lowest BCUT2D eigenvalue weighted by Crippen LogP contribution is -2.24. The molecule has 2 aromatic heterocycles. The summed E-state index contributed by atoms with van der Waals surface area (Å²) in [6.45, 7) is 0.665. The van der Waals surface area contributed by atoms with Gasteiger partial charge in [-0.25, -0.2) is 0 Å². The fourth-order valence-corrected chi connectivity index (χ4v) is 3.72. The lowest BCUT2D eigenvalue weighted by molar-refractivity contribution is 0.0960. The molecule has 0 fully saturated rings. The number of rotatable bonds is 6. The molecule has 0 spiro atoms. The van der Waals surface area contributed by atoms with Crippen LogP contribution in [-0.2, 0) is 5.75 Å². The Morgan fingerprint density at radius 1 is 1.24 bits per heavy atom. The van der Waals surface area contributed by atoms with E-state index in [1.54, 1.807) is 18.0 Å². The monoisotopic (exact) mass is 317 g/mol. The lowest BCUT2D eigenvalue weighted by atomic mass is 10.2. The number of amides is 1. The van der Waals surface area contributed by atoms with Gasteiger partial charge in [-0.3, -0.25) is 4.79 Å². The van der Waals surface area contributed by atoms with E-state index in [9.17, 15) is 4.79 Å². The second-order valence-electron chi connectivity index (χ2n) is 4.54. The highest BCUT2D eigenvalue weighted by Gasteiger charge is 2.09. The molecule has 1 amide bonds. The molecule has 3 aromatic rings. The third-order valence-electron chi connectivity index (χ3n) is 3.01. The minimum atomic E-state index is 0.00907. The summed E-state index contributed by atoms with van der Waals surface area (Å²) in [4.78, 5) is 12.8. The molecule has 1 N–H and O–H groups in total. The van der Waals surface area contributed by atoms with Crippen molar-refractivity contribution in [3.8, 4) is 0 Å². The first-order chi connectivity index (χ1) is 10.3. The maximum absolute atomic E-state index is 12.1. The molecule has 0 radical (unpaired) electrons. The molecule has 2 heterocycles. The molecular formula is C16H15NO2S2. The summed E-state index contributed by atoms with van der Waals surface area (Å²) in [7, 11) is 0. The van der Waals surface area contributed by atoms with Gasteiger partial charge in [0.05, 0.1) is 16.9 Å². The molecule has 0 saturated carbocycles. The van der Waals surface area contributed by atoms with Crippen LogP contribution < -0.4 is 5.32 Å². The molecule has 0 aliphatic rings. The van der Waals surface area contributed by atoms with Crippen LogP contribution in [0.3, 0.4) is 0 Å². The van der Waals surface area contributed by atoms with Crippen molar-refractivity contribution in [2.45, 2.75) is 5.75 Å². The van der Waals surface area contributed by atoms with E-state index in [1.165, 1.54) is 11.3 Å². The molecule has 3 nitrogen and oxygen atoms in total. The Morgan fingerprint density at radius 2 is 2.14 bits per heavy atom. The highest BCUT2D eigenvalue weighted by molar-refractivity contribution is 7.98. The van der Waals surface area contributed by atoms with Gasteiger partial charge in [0.2, 0.25) is 0 Å². The summed E-state index contributed by atoms with van der Waals surface area (Å²) in [5, 5.41) is 4.08. The summed E-state index contributed by atoms with van der Waals surface area (Å²) in [6.07, 6.45) is 1.68. The van der Waals surface area contributed by atoms with Crippen molar-refractivity contribution in [1.82, 2.24) is 5.32 Å². The fourth-order valence-electron chi connectivity index (χ4n) is 1.99. The largest absolute Gasteiger partial charge is 0.468 e. The second kappa shape index (κ2) is 6.83. The zero-order chi connectivity index (χ0) is 14.5. The minimum Gasteiger partial charge on any atom is -0.468 e. The lowest BCUT2D eigenvalue weighted by Gasteiger charge is -2.02. The predicted molar refractivity (Wildman–Crippen MR) is 89.0 cm³/mol. The van der Waals surface area contributed by atoms with Gasteiger partial charge in [-0.05, 0) is 29.7 Å². The van der Waals surface area contributed by atoms with E-state index >= 15 is 0 Å². The standard InChI is InChI=1S/C16H15NO2S2/c18-16(15-10-12-4-1-2-6-14(12)21-15)17-7-9-20-11-13-5-3-8-19-13/h1-6,8,10H,7,9,11H2,(H,17,18). The average molecular weight is 317 g/mol. The summed E-state index contributed by atoms with van der Waals surface area (Å²) in [5.74, 6) is 2.69. The Balaban J connectivity index is 1.45. The van der Waals surface area contributed by atoms with Gasteiger partial charge in [0.15, 0.2) is 0 Å². The van der Waals surface area contributed by atoms with E-state index in [-0.39, 0.29) is 5.91 Å². The maximum atomic E-state index is 12.1. The van der Waals surface area contributed by atoms with Gasteiger partial charge in [-0.1, -0.05) is 18.2 Å². The van der Waals surface area contributed by atoms with Crippen molar-refractivity contribution in [3.63, 3.8) is 0 Å². The highest BCUT2D eigenvalue weighted by atomic mass is 32.2. The number of carbonyl (C=O) groups is 1. The Hall–Kier alpha value is -1.72. The summed E-state index contributed by atoms with van der Waals surface area (Å²) < 4.78 is 6.41. The number of nitrogens with one attached hydrogen (secondary N) is 1. The van der Waals surface area contributed by atoms with E-state index in [0.717, 1.165) is 32.2 Å². The Kier molecular flexibility index (Phi) is 4.62. The number of fused-ring (bicyclic) bond motifs is 1. The van der Waals surface area contributed by atoms with Crippen molar-refractivity contribution in [3.05, 3.63) is 59.4 Å². The van der Waals surface area contributed by atoms with Crippen molar-refractivity contribution >= 4 is 39.1 Å². The number of hydrogen-bond acceptors (Lipinski definition) is 4. The molecule has 21 heavy (non-hydrogen) atoms. The van der Waals surface area contributed by atoms with Crippen LogP contribution in [0, 0.1) is 0 Å². The summed E-state index contributed by atoms with van der Waals surface area (Å²) in [6, 6.07) is 13.8. The molecule has 0 atom stereocenters. The van der Waals surface area contributed by atoms with Crippen LogP contribution in [0.2, 0.25) is 0 Å². The second-order valence-corrected chi connectivity index (χ2v) is 6.73. The van der Waals surface area contributed by atoms with Crippen LogP contribution in [0.1, 0.15) is 15.4 Å². The number of thioether (sulfide) groups is 1. The maximum Gasteiger partial charge on any atom is 0.261 e. The van der Waals surface area contributed by atoms with Gasteiger partial charge in [-0.2, -0.15) is 11.8 Å². The molecule has 0 aliphatic carbocycles. The van der Waals surface area contributed by atoms with Crippen molar-refractivity contribution in [2.75, 3.05) is 12.3 Å². The van der Waals surface area contributed by atoms with E-state index in [2.05, 4.69) is 5.32 Å². The normalized spacial score (nSPS) is 10.9. The topological polar surface area (TPSA) is 42.2 Å². The first-order valence-electron chi connectivity index (χ1n) is 6.70. The van der Waals surface area contributed by atoms with Crippen molar-refractivity contribution in [2.24, 2.45) is 0 Å². The van der Waals surface area contributed by atoms with E-state index in [0.29, 0.717) is 6.54 Å². The summed E-state index contributed by atoms with van der Waals surface area (Å²) >= 11 is 3.28. The van der Waals surface area contributed by atoms with Gasteiger partial charge < -0.3 is 9.73 Å². The van der Waals surface area contributed by atoms with Crippen LogP contribution in [-0.4, -0.2) is 18.2 Å². The van der Waals surface area contributed by atoms with Crippen LogP contribution in [0.25, 0.3) is 10.1 Å². The molecule has 5 heteroatoms. The molecular weight excluding hydrogens is 302 g/mol. The van der Waals surface area contributed by atoms with Crippen molar-refractivity contribution < 1.29 is 9.21 Å².